The Morgan fingerprint density at radius 3 is 2.00 bits per heavy atom. The molecule has 0 fully saturated rings. The summed E-state index contributed by atoms with van der Waals surface area (Å²) in [5.74, 6) is 0. The van der Waals surface area contributed by atoms with Crippen molar-refractivity contribution < 1.29 is 18.9 Å². The fraction of sp³-hybridized carbons (Fsp3) is 0.0667. The molecule has 84 valence electrons. The fourth-order valence-electron chi connectivity index (χ4n) is 1.19. The molecule has 0 aromatic heterocycles. The standard InChI is InChI=1S/C9H7.2C3H4.Ir/c1-2-5-9-7-3-6-8(9)4-1;2*1-3-2;/h1-7H;2*1-2H2;. The molecule has 1 aliphatic carbocycles. The van der Waals surface area contributed by atoms with Crippen LogP contribution in [0, 0.1) is 0 Å². The topological polar surface area (TPSA) is 0 Å². The molecule has 1 heteroatoms. The molecule has 16 heavy (non-hydrogen) atoms. The van der Waals surface area contributed by atoms with Crippen LogP contribution < -0.4 is 0 Å². The number of rotatable bonds is 0. The van der Waals surface area contributed by atoms with Crippen LogP contribution in [0.25, 0.3) is 6.08 Å². The van der Waals surface area contributed by atoms with Crippen molar-refractivity contribution in [1.29, 1.82) is 0 Å². The Hall–Kier alpha value is -1.35. The van der Waals surface area contributed by atoms with Crippen molar-refractivity contribution >= 4 is 6.08 Å². The zero-order chi connectivity index (χ0) is 12.4. The molecule has 2 rings (SSSR count). The van der Waals surface area contributed by atoms with Crippen molar-refractivity contribution in [3.63, 3.8) is 0 Å². The molecule has 0 heterocycles. The van der Waals surface area contributed by atoms with E-state index in [0.717, 1.165) is 0 Å². The maximum atomic E-state index is 3.12. The van der Waals surface area contributed by atoms with E-state index in [-0.39, 0.29) is 0 Å². The van der Waals surface area contributed by atoms with Gasteiger partial charge in [0.05, 0.1) is 0 Å². The minimum absolute atomic E-state index is 0.621. The summed E-state index contributed by atoms with van der Waals surface area (Å²) < 4.78 is 0.621. The second-order valence-corrected chi connectivity index (χ2v) is 4.35. The molecule has 1 aromatic rings. The van der Waals surface area contributed by atoms with Gasteiger partial charge in [-0.15, -0.1) is 11.5 Å². The van der Waals surface area contributed by atoms with Gasteiger partial charge in [-0.3, -0.25) is 0 Å². The summed E-state index contributed by atoms with van der Waals surface area (Å²) in [5.41, 5.74) is 7.34. The summed E-state index contributed by atoms with van der Waals surface area (Å²) in [6.45, 7) is 12.5. The van der Waals surface area contributed by atoms with E-state index in [1.54, 1.807) is 0 Å². The van der Waals surface area contributed by atoms with Gasteiger partial charge in [0, 0.05) is 0 Å². The molecule has 1 unspecified atom stereocenters. The third-order valence-corrected chi connectivity index (χ3v) is 2.92. The van der Waals surface area contributed by atoms with E-state index in [0.29, 0.717) is 4.43 Å². The molecular formula is C15H15Ir. The number of allylic oxidation sites excluding steroid dienone is 1. The van der Waals surface area contributed by atoms with Gasteiger partial charge in [-0.2, -0.15) is 0 Å². The molecule has 1 aromatic carbocycles. The number of fused-ring (bicyclic) bond motifs is 1. The summed E-state index contributed by atoms with van der Waals surface area (Å²) in [4.78, 5) is 0. The van der Waals surface area contributed by atoms with Crippen LogP contribution >= 0.6 is 0 Å². The first-order valence-corrected chi connectivity index (χ1v) is 6.06. The summed E-state index contributed by atoms with van der Waals surface area (Å²) in [7, 11) is 0. The molecule has 0 nitrogen and oxygen atoms in total. The Morgan fingerprint density at radius 2 is 1.50 bits per heavy atom. The molecular weight excluding hydrogens is 372 g/mol. The van der Waals surface area contributed by atoms with Crippen LogP contribution in [-0.2, 0) is 18.9 Å². The van der Waals surface area contributed by atoms with Crippen molar-refractivity contribution in [2.45, 2.75) is 4.43 Å². The quantitative estimate of drug-likeness (QED) is 0.585. The molecule has 0 saturated heterocycles. The average Bonchev–Trinajstić information content (AvgIpc) is 2.64. The van der Waals surface area contributed by atoms with Crippen molar-refractivity contribution in [1.82, 2.24) is 0 Å². The molecule has 0 N–H and O–H groups in total. The van der Waals surface area contributed by atoms with E-state index in [1.165, 1.54) is 11.1 Å². The number of hydrogen-bond donors (Lipinski definition) is 0. The van der Waals surface area contributed by atoms with E-state index < -0.39 is 0 Å². The monoisotopic (exact) mass is 388 g/mol. The molecule has 0 bridgehead atoms. The van der Waals surface area contributed by atoms with Crippen LogP contribution in [0.4, 0.5) is 0 Å². The Kier molecular flexibility index (Phi) is 8.16. The van der Waals surface area contributed by atoms with Gasteiger partial charge in [0.15, 0.2) is 0 Å². The Balaban J connectivity index is 0.000000321. The van der Waals surface area contributed by atoms with Crippen LogP contribution in [0.3, 0.4) is 0 Å². The third kappa shape index (κ3) is 4.94. The Bertz CT molecular complexity index is 403. The van der Waals surface area contributed by atoms with Crippen LogP contribution in [0.5, 0.6) is 0 Å². The van der Waals surface area contributed by atoms with Gasteiger partial charge in [-0.1, -0.05) is 26.3 Å². The zero-order valence-corrected chi connectivity index (χ0v) is 11.6. The molecule has 0 radical (unpaired) electrons. The van der Waals surface area contributed by atoms with Crippen LogP contribution in [0.15, 0.2) is 68.1 Å². The summed E-state index contributed by atoms with van der Waals surface area (Å²) in [6.07, 6.45) is 4.44. The van der Waals surface area contributed by atoms with E-state index in [1.807, 2.05) is 0 Å². The fourth-order valence-corrected chi connectivity index (χ4v) is 2.05. The van der Waals surface area contributed by atoms with Crippen molar-refractivity contribution in [3.05, 3.63) is 79.2 Å². The van der Waals surface area contributed by atoms with Gasteiger partial charge >= 0.3 is 70.9 Å². The average molecular weight is 388 g/mol. The van der Waals surface area contributed by atoms with Gasteiger partial charge < -0.3 is 0 Å². The zero-order valence-electron chi connectivity index (χ0n) is 9.20. The van der Waals surface area contributed by atoms with Gasteiger partial charge in [-0.05, 0) is 0 Å². The predicted molar refractivity (Wildman–Crippen MR) is 67.8 cm³/mol. The van der Waals surface area contributed by atoms with E-state index in [9.17, 15) is 0 Å². The molecule has 0 aliphatic heterocycles. The van der Waals surface area contributed by atoms with Crippen LogP contribution in [0.1, 0.15) is 15.6 Å². The van der Waals surface area contributed by atoms with Crippen molar-refractivity contribution in [3.8, 4) is 0 Å². The Morgan fingerprint density at radius 1 is 1.00 bits per heavy atom. The second-order valence-electron chi connectivity index (χ2n) is 2.86. The van der Waals surface area contributed by atoms with Crippen LogP contribution in [0.2, 0.25) is 0 Å². The van der Waals surface area contributed by atoms with E-state index in [2.05, 4.69) is 93.1 Å². The third-order valence-electron chi connectivity index (χ3n) is 1.72. The molecule has 1 aliphatic rings. The van der Waals surface area contributed by atoms with E-state index in [4.69, 9.17) is 0 Å². The summed E-state index contributed by atoms with van der Waals surface area (Å²) in [5, 5.41) is 0. The maximum absolute atomic E-state index is 3.12. The SMILES string of the molecule is C=C=C.C=C=C.[Ir][CH]1C=Cc2ccccc21. The predicted octanol–water partition coefficient (Wildman–Crippen LogP) is 4.22. The van der Waals surface area contributed by atoms with E-state index >= 15 is 0 Å². The van der Waals surface area contributed by atoms with Crippen molar-refractivity contribution in [2.75, 3.05) is 0 Å². The number of hydrogen-bond acceptors (Lipinski definition) is 0. The minimum atomic E-state index is 0.621. The molecule has 0 amide bonds. The van der Waals surface area contributed by atoms with Crippen molar-refractivity contribution in [2.24, 2.45) is 0 Å². The summed E-state index contributed by atoms with van der Waals surface area (Å²) in [6, 6.07) is 8.54. The van der Waals surface area contributed by atoms with Gasteiger partial charge in [0.1, 0.15) is 0 Å². The summed E-state index contributed by atoms with van der Waals surface area (Å²) >= 11 is 2.22. The van der Waals surface area contributed by atoms with Gasteiger partial charge in [-0.25, -0.2) is 0 Å². The van der Waals surface area contributed by atoms with Gasteiger partial charge in [0.25, 0.3) is 0 Å². The second kappa shape index (κ2) is 8.92. The normalized spacial score (nSPS) is 14.2. The first-order valence-electron chi connectivity index (χ1n) is 4.68. The van der Waals surface area contributed by atoms with Crippen LogP contribution in [-0.4, -0.2) is 0 Å². The number of benzene rings is 1. The molecule has 0 saturated carbocycles. The first-order chi connectivity index (χ1) is 7.71. The first kappa shape index (κ1) is 14.6. The molecule has 1 atom stereocenters. The molecule has 0 spiro atoms. The van der Waals surface area contributed by atoms with Gasteiger partial charge in [0.2, 0.25) is 0 Å². The Labute approximate surface area is 109 Å².